The van der Waals surface area contributed by atoms with Crippen molar-refractivity contribution in [3.63, 3.8) is 0 Å². The van der Waals surface area contributed by atoms with E-state index >= 15 is 0 Å². The summed E-state index contributed by atoms with van der Waals surface area (Å²) in [6.07, 6.45) is 45.4. The van der Waals surface area contributed by atoms with E-state index in [0.717, 1.165) is 229 Å². The number of nitrogens with two attached hydrogens (primary N) is 1. The summed E-state index contributed by atoms with van der Waals surface area (Å²) in [6, 6.07) is 7.94. The number of carbonyl (C=O) groups excluding carboxylic acids is 4. The first kappa shape index (κ1) is 95.7. The minimum atomic E-state index is -0.815. The number of fused-ring (bicyclic) bond motifs is 3. The maximum atomic E-state index is 13.6. The fourth-order valence-electron chi connectivity index (χ4n) is 14.4. The lowest BCUT2D eigenvalue weighted by Gasteiger charge is -2.28. The lowest BCUT2D eigenvalue weighted by atomic mass is 10.1. The third-order valence-corrected chi connectivity index (χ3v) is 21.4. The third-order valence-electron chi connectivity index (χ3n) is 21.4. The quantitative estimate of drug-likeness (QED) is 0.0319. The molecule has 0 saturated heterocycles. The number of benzene rings is 1. The lowest BCUT2D eigenvalue weighted by Crippen LogP contribution is -2.40. The Balaban J connectivity index is 1.49. The van der Waals surface area contributed by atoms with Crippen LogP contribution < -0.4 is 5.73 Å². The van der Waals surface area contributed by atoms with Crippen molar-refractivity contribution in [3.05, 3.63) is 30.1 Å². The number of unbranched alkanes of at least 4 members (excludes halogenated alkanes) is 26. The van der Waals surface area contributed by atoms with Gasteiger partial charge in [-0.25, -0.2) is 9.97 Å². The second-order valence-electron chi connectivity index (χ2n) is 31.8. The zero-order valence-corrected chi connectivity index (χ0v) is 70.4. The van der Waals surface area contributed by atoms with Crippen molar-refractivity contribution in [3.8, 4) is 0 Å². The van der Waals surface area contributed by atoms with Crippen LogP contribution >= 0.6 is 0 Å². The summed E-state index contributed by atoms with van der Waals surface area (Å²) in [5.74, 6) is 0.855. The highest BCUT2D eigenvalue weighted by molar-refractivity contribution is 6.06. The zero-order valence-electron chi connectivity index (χ0n) is 70.4. The topological polar surface area (TPSA) is 187 Å². The number of imidazole rings is 1. The van der Waals surface area contributed by atoms with E-state index in [1.165, 1.54) is 122 Å². The average molecular weight is 1490 g/mol. The first-order valence-electron chi connectivity index (χ1n) is 43.8. The number of pyridine rings is 1. The van der Waals surface area contributed by atoms with E-state index < -0.39 is 5.60 Å². The number of esters is 4. The van der Waals surface area contributed by atoms with Crippen LogP contribution in [0.1, 0.15) is 344 Å². The summed E-state index contributed by atoms with van der Waals surface area (Å²) in [7, 11) is 6.83. The first-order valence-corrected chi connectivity index (χ1v) is 43.8. The average Bonchev–Trinajstić information content (AvgIpc) is 1.58. The Hall–Kier alpha value is -4.46. The number of para-hydroxylation sites is 1. The minimum absolute atomic E-state index is 0.0113. The number of ether oxygens (including phenoxy) is 5. The van der Waals surface area contributed by atoms with Crippen molar-refractivity contribution >= 4 is 51.6 Å². The Bertz CT molecular complexity index is 2640. The van der Waals surface area contributed by atoms with E-state index in [1.54, 1.807) is 0 Å². The van der Waals surface area contributed by atoms with Crippen LogP contribution in [-0.2, 0) is 56.0 Å². The molecular weight excluding hydrogens is 1330 g/mol. The van der Waals surface area contributed by atoms with E-state index in [2.05, 4.69) is 96.7 Å². The Morgan fingerprint density at radius 2 is 0.764 bits per heavy atom. The smallest absolute Gasteiger partial charge is 0.306 e. The highest BCUT2D eigenvalue weighted by Crippen LogP contribution is 2.32. The van der Waals surface area contributed by atoms with E-state index in [1.807, 2.05) is 45.0 Å². The molecular formula is C88H161N9O9. The predicted octanol–water partition coefficient (Wildman–Crippen LogP) is 20.1. The van der Waals surface area contributed by atoms with Crippen molar-refractivity contribution in [1.29, 1.82) is 0 Å². The van der Waals surface area contributed by atoms with Crippen LogP contribution in [0.15, 0.2) is 24.3 Å². The second-order valence-corrected chi connectivity index (χ2v) is 31.8. The summed E-state index contributed by atoms with van der Waals surface area (Å²) in [4.78, 5) is 74.0. The van der Waals surface area contributed by atoms with Crippen LogP contribution in [0, 0.1) is 0 Å². The summed E-state index contributed by atoms with van der Waals surface area (Å²) >= 11 is 0. The SMILES string of the molecule is CCCCCCC(CC)OC(=O)CCCCCCCCN(CCCCCCCCC(=O)OC(CC)CCCCCC)CCN(C)CCN(C)CCN(C)CCN(CCCCCCCCC(=O)OC(CC)CCCCCC)CCCCCC(=O)OC(C)(C)Cn1c(COCC)nc2c(N)nc3ccccc3c21. The monoisotopic (exact) mass is 1490 g/mol. The molecule has 612 valence electrons. The van der Waals surface area contributed by atoms with Crippen molar-refractivity contribution < 1.29 is 42.9 Å². The Labute approximate surface area is 647 Å². The van der Waals surface area contributed by atoms with Gasteiger partial charge in [0.15, 0.2) is 5.82 Å². The van der Waals surface area contributed by atoms with Gasteiger partial charge in [0.05, 0.1) is 17.6 Å². The van der Waals surface area contributed by atoms with Gasteiger partial charge in [-0.2, -0.15) is 0 Å². The van der Waals surface area contributed by atoms with Crippen LogP contribution in [0.2, 0.25) is 0 Å². The number of hydrogen-bond acceptors (Lipinski definition) is 17. The van der Waals surface area contributed by atoms with Gasteiger partial charge in [-0.3, -0.25) is 19.2 Å². The number of nitrogen functional groups attached to an aromatic ring is 1. The maximum absolute atomic E-state index is 13.6. The second kappa shape index (κ2) is 61.2. The van der Waals surface area contributed by atoms with Crippen LogP contribution in [0.3, 0.4) is 0 Å². The molecule has 3 rings (SSSR count). The molecule has 1 aromatic carbocycles. The predicted molar refractivity (Wildman–Crippen MR) is 443 cm³/mol. The first-order chi connectivity index (χ1) is 51.4. The van der Waals surface area contributed by atoms with Gasteiger partial charge in [0.25, 0.3) is 0 Å². The van der Waals surface area contributed by atoms with Gasteiger partial charge < -0.3 is 58.5 Å². The molecule has 0 aliphatic heterocycles. The van der Waals surface area contributed by atoms with E-state index in [0.29, 0.717) is 56.8 Å². The molecule has 0 radical (unpaired) electrons. The van der Waals surface area contributed by atoms with E-state index in [-0.39, 0.29) is 42.2 Å². The molecule has 2 heterocycles. The molecule has 3 atom stereocenters. The molecule has 0 fully saturated rings. The molecule has 18 nitrogen and oxygen atoms in total. The molecule has 0 spiro atoms. The van der Waals surface area contributed by atoms with Gasteiger partial charge >= 0.3 is 23.9 Å². The summed E-state index contributed by atoms with van der Waals surface area (Å²) in [5, 5.41) is 0.944. The molecule has 0 saturated carbocycles. The Morgan fingerprint density at radius 3 is 1.14 bits per heavy atom. The van der Waals surface area contributed by atoms with Crippen molar-refractivity contribution in [2.45, 2.75) is 375 Å². The highest BCUT2D eigenvalue weighted by Gasteiger charge is 2.28. The van der Waals surface area contributed by atoms with Gasteiger partial charge in [-0.1, -0.05) is 201 Å². The molecule has 0 bridgehead atoms. The largest absolute Gasteiger partial charge is 0.462 e. The summed E-state index contributed by atoms with van der Waals surface area (Å²) in [6.45, 7) is 32.8. The Morgan fingerprint density at radius 1 is 0.425 bits per heavy atom. The summed E-state index contributed by atoms with van der Waals surface area (Å²) < 4.78 is 31.8. The van der Waals surface area contributed by atoms with Gasteiger partial charge in [-0.15, -0.1) is 0 Å². The normalized spacial score (nSPS) is 13.0. The van der Waals surface area contributed by atoms with E-state index in [4.69, 9.17) is 34.4 Å². The van der Waals surface area contributed by atoms with Gasteiger partial charge in [0.2, 0.25) is 0 Å². The van der Waals surface area contributed by atoms with Gasteiger partial charge in [0, 0.05) is 90.0 Å². The molecule has 3 unspecified atom stereocenters. The Kier molecular flexibility index (Phi) is 55.3. The number of likely N-dealkylation sites (N-methyl/N-ethyl adjacent to an activating group) is 3. The molecule has 0 aliphatic rings. The molecule has 0 aliphatic carbocycles. The van der Waals surface area contributed by atoms with Crippen molar-refractivity contribution in [2.24, 2.45) is 0 Å². The van der Waals surface area contributed by atoms with Crippen molar-refractivity contribution in [2.75, 3.05) is 112 Å². The van der Waals surface area contributed by atoms with Crippen LogP contribution in [0.4, 0.5) is 5.82 Å². The van der Waals surface area contributed by atoms with E-state index in [9.17, 15) is 19.2 Å². The standard InChI is InChI=1S/C88H161N9O9/c1-13-20-23-39-52-75(16-4)103-81(98)57-42-32-26-29-35-48-61-95(62-49-36-30-27-33-43-58-82(99)104-76(17-5)53-40-24-21-14-2)71-69-93(11)67-65-92(10)66-68-94(12)70-72-96(63-50-37-31-28-34-44-59-83(100)105-77(18-6)54-41-25-22-15-3)64-51-38-45-60-84(101)106-88(8,9)74-97-80(73-102-19-7)91-85-86(97)78-55-46-47-56-79(78)90-87(85)89/h46-47,55-56,75-77H,13-45,48-54,57-74H2,1-12H3,(H2,89,90). The van der Waals surface area contributed by atoms with Crippen LogP contribution in [0.25, 0.3) is 21.9 Å². The van der Waals surface area contributed by atoms with Gasteiger partial charge in [-0.05, 0) is 183 Å². The highest BCUT2D eigenvalue weighted by atomic mass is 16.6. The maximum Gasteiger partial charge on any atom is 0.306 e. The number of anilines is 1. The molecule has 2 aromatic heterocycles. The molecule has 3 aromatic rings. The molecule has 18 heteroatoms. The fourth-order valence-corrected chi connectivity index (χ4v) is 14.4. The number of carbonyl (C=O) groups is 4. The number of nitrogens with zero attached hydrogens (tertiary/aromatic N) is 8. The number of hydrogen-bond donors (Lipinski definition) is 1. The number of aromatic nitrogens is 3. The van der Waals surface area contributed by atoms with Gasteiger partial charge in [0.1, 0.15) is 41.9 Å². The van der Waals surface area contributed by atoms with Crippen LogP contribution in [-0.4, -0.2) is 193 Å². The summed E-state index contributed by atoms with van der Waals surface area (Å²) in [5.41, 5.74) is 7.95. The number of rotatable bonds is 72. The minimum Gasteiger partial charge on any atom is -0.462 e. The lowest BCUT2D eigenvalue weighted by molar-refractivity contribution is -0.158. The van der Waals surface area contributed by atoms with Crippen molar-refractivity contribution in [1.82, 2.24) is 39.0 Å². The molecule has 106 heavy (non-hydrogen) atoms. The fraction of sp³-hybridized carbons (Fsp3) is 0.841. The van der Waals surface area contributed by atoms with Crippen LogP contribution in [0.5, 0.6) is 0 Å². The molecule has 2 N–H and O–H groups in total. The third kappa shape index (κ3) is 45.6. The zero-order chi connectivity index (χ0) is 77.3. The molecule has 0 amide bonds.